The molecule has 0 fully saturated rings. The summed E-state index contributed by atoms with van der Waals surface area (Å²) in [5, 5.41) is 5.51. The van der Waals surface area contributed by atoms with Gasteiger partial charge in [0, 0.05) is 13.6 Å². The van der Waals surface area contributed by atoms with Crippen LogP contribution >= 0.6 is 27.3 Å². The lowest BCUT2D eigenvalue weighted by atomic mass is 10.2. The van der Waals surface area contributed by atoms with Gasteiger partial charge in [-0.25, -0.2) is 22.6 Å². The summed E-state index contributed by atoms with van der Waals surface area (Å²) >= 11 is 4.51. The van der Waals surface area contributed by atoms with Gasteiger partial charge in [0.1, 0.15) is 5.82 Å². The van der Waals surface area contributed by atoms with E-state index in [2.05, 4.69) is 31.5 Å². The summed E-state index contributed by atoms with van der Waals surface area (Å²) in [6.07, 6.45) is 0. The summed E-state index contributed by atoms with van der Waals surface area (Å²) in [7, 11) is -1.85. The first kappa shape index (κ1) is 20.7. The van der Waals surface area contributed by atoms with E-state index in [1.165, 1.54) is 34.8 Å². The molecule has 1 aromatic carbocycles. The number of halogens is 2. The average molecular weight is 465 g/mol. The van der Waals surface area contributed by atoms with Crippen LogP contribution in [0.3, 0.4) is 0 Å². The Balaban J connectivity index is 1.94. The van der Waals surface area contributed by atoms with Gasteiger partial charge >= 0.3 is 6.03 Å². The molecule has 0 atom stereocenters. The van der Waals surface area contributed by atoms with Gasteiger partial charge in [-0.15, -0.1) is 0 Å². The Labute approximate surface area is 163 Å². The van der Waals surface area contributed by atoms with E-state index in [4.69, 9.17) is 0 Å². The maximum absolute atomic E-state index is 13.1. The number of anilines is 1. The Hall–Kier alpha value is -1.56. The third-order valence-corrected chi connectivity index (χ3v) is 6.98. The van der Waals surface area contributed by atoms with Gasteiger partial charge in [-0.2, -0.15) is 4.31 Å². The number of thiazole rings is 1. The number of carbonyl (C=O) groups is 1. The van der Waals surface area contributed by atoms with Gasteiger partial charge in [-0.05, 0) is 40.5 Å². The van der Waals surface area contributed by atoms with Crippen molar-refractivity contribution in [3.05, 3.63) is 45.1 Å². The maximum atomic E-state index is 13.1. The van der Waals surface area contributed by atoms with E-state index in [-0.39, 0.29) is 24.7 Å². The predicted molar refractivity (Wildman–Crippen MR) is 103 cm³/mol. The third-order valence-electron chi connectivity index (χ3n) is 3.42. The number of benzene rings is 1. The first-order valence-electron chi connectivity index (χ1n) is 7.59. The summed E-state index contributed by atoms with van der Waals surface area (Å²) in [5.74, 6) is -0.372. The molecule has 0 radical (unpaired) electrons. The molecular formula is C15H18BrFN4O3S2. The normalized spacial score (nSPS) is 11.6. The SMILES string of the molecule is CCS(=O)(=O)N(C)Cc1nc(NC(=O)NCc2cccc(F)c2)sc1Br. The minimum Gasteiger partial charge on any atom is -0.334 e. The fourth-order valence-electron chi connectivity index (χ4n) is 1.98. The van der Waals surface area contributed by atoms with Crippen LogP contribution in [0.4, 0.5) is 14.3 Å². The molecule has 2 rings (SSSR count). The number of amides is 2. The summed E-state index contributed by atoms with van der Waals surface area (Å²) in [6, 6.07) is 5.44. The van der Waals surface area contributed by atoms with Crippen LogP contribution in [0.2, 0.25) is 0 Å². The molecule has 1 aromatic heterocycles. The van der Waals surface area contributed by atoms with E-state index < -0.39 is 16.1 Å². The molecule has 2 amide bonds. The fraction of sp³-hybridized carbons (Fsp3) is 0.333. The van der Waals surface area contributed by atoms with Crippen LogP contribution in [0.25, 0.3) is 0 Å². The van der Waals surface area contributed by atoms with Crippen molar-refractivity contribution in [1.29, 1.82) is 0 Å². The predicted octanol–water partition coefficient (Wildman–Crippen LogP) is 3.15. The molecule has 0 spiro atoms. The molecule has 2 aromatic rings. The lowest BCUT2D eigenvalue weighted by Gasteiger charge is -2.14. The minimum absolute atomic E-state index is 0.00114. The Kier molecular flexibility index (Phi) is 7.09. The van der Waals surface area contributed by atoms with Gasteiger partial charge in [0.25, 0.3) is 0 Å². The molecule has 7 nitrogen and oxygen atoms in total. The summed E-state index contributed by atoms with van der Waals surface area (Å²) in [4.78, 5) is 16.2. The summed E-state index contributed by atoms with van der Waals surface area (Å²) < 4.78 is 38.6. The van der Waals surface area contributed by atoms with Crippen molar-refractivity contribution in [3.63, 3.8) is 0 Å². The fourth-order valence-corrected chi connectivity index (χ4v) is 4.12. The molecule has 1 heterocycles. The highest BCUT2D eigenvalue weighted by molar-refractivity contribution is 9.11. The zero-order valence-corrected chi connectivity index (χ0v) is 17.3. The zero-order chi connectivity index (χ0) is 19.3. The summed E-state index contributed by atoms with van der Waals surface area (Å²) in [5.41, 5.74) is 1.14. The van der Waals surface area contributed by atoms with Crippen LogP contribution in [-0.2, 0) is 23.1 Å². The molecule has 11 heteroatoms. The standard InChI is InChI=1S/C15H18BrFN4O3S2/c1-3-26(23,24)21(2)9-12-13(16)25-15(19-12)20-14(22)18-8-10-5-4-6-11(17)7-10/h4-7H,3,8-9H2,1-2H3,(H2,18,19,20,22). The molecular weight excluding hydrogens is 447 g/mol. The molecule has 0 unspecified atom stereocenters. The lowest BCUT2D eigenvalue weighted by molar-refractivity contribution is 0.251. The summed E-state index contributed by atoms with van der Waals surface area (Å²) in [6.45, 7) is 1.83. The van der Waals surface area contributed by atoms with Gasteiger partial charge in [-0.1, -0.05) is 23.5 Å². The van der Waals surface area contributed by atoms with Crippen LogP contribution in [0.1, 0.15) is 18.2 Å². The molecule has 0 aliphatic heterocycles. The molecule has 0 aliphatic carbocycles. The number of rotatable bonds is 7. The van der Waals surface area contributed by atoms with Crippen LogP contribution in [0.15, 0.2) is 28.1 Å². The van der Waals surface area contributed by atoms with Gasteiger partial charge < -0.3 is 5.32 Å². The number of urea groups is 1. The molecule has 2 N–H and O–H groups in total. The van der Waals surface area contributed by atoms with Crippen molar-refractivity contribution in [1.82, 2.24) is 14.6 Å². The molecule has 0 aliphatic rings. The zero-order valence-electron chi connectivity index (χ0n) is 14.1. The molecule has 0 saturated heterocycles. The van der Waals surface area contributed by atoms with E-state index in [1.54, 1.807) is 19.1 Å². The first-order valence-corrected chi connectivity index (χ1v) is 10.8. The van der Waals surface area contributed by atoms with Crippen LogP contribution in [0, 0.1) is 5.82 Å². The highest BCUT2D eigenvalue weighted by atomic mass is 79.9. The van der Waals surface area contributed by atoms with Crippen LogP contribution < -0.4 is 10.6 Å². The van der Waals surface area contributed by atoms with Gasteiger partial charge in [0.05, 0.1) is 21.8 Å². The minimum atomic E-state index is -3.32. The third kappa shape index (κ3) is 5.73. The second kappa shape index (κ2) is 8.89. The van der Waals surface area contributed by atoms with E-state index in [0.717, 1.165) is 0 Å². The highest BCUT2D eigenvalue weighted by Crippen LogP contribution is 2.29. The largest absolute Gasteiger partial charge is 0.334 e. The highest BCUT2D eigenvalue weighted by Gasteiger charge is 2.19. The number of hydrogen-bond acceptors (Lipinski definition) is 5. The molecule has 142 valence electrons. The number of carbonyl (C=O) groups excluding carboxylic acids is 1. The van der Waals surface area contributed by atoms with Crippen molar-refractivity contribution in [2.24, 2.45) is 0 Å². The topological polar surface area (TPSA) is 91.4 Å². The van der Waals surface area contributed by atoms with Crippen molar-refractivity contribution < 1.29 is 17.6 Å². The van der Waals surface area contributed by atoms with E-state index >= 15 is 0 Å². The van der Waals surface area contributed by atoms with Gasteiger partial charge in [0.15, 0.2) is 5.13 Å². The molecule has 0 saturated carbocycles. The quantitative estimate of drug-likeness (QED) is 0.658. The van der Waals surface area contributed by atoms with E-state index in [9.17, 15) is 17.6 Å². The monoisotopic (exact) mass is 464 g/mol. The van der Waals surface area contributed by atoms with Crippen LogP contribution in [0.5, 0.6) is 0 Å². The number of nitrogens with one attached hydrogen (secondary N) is 2. The van der Waals surface area contributed by atoms with Crippen molar-refractivity contribution in [2.45, 2.75) is 20.0 Å². The molecule has 26 heavy (non-hydrogen) atoms. The van der Waals surface area contributed by atoms with Gasteiger partial charge in [-0.3, -0.25) is 5.32 Å². The van der Waals surface area contributed by atoms with Crippen molar-refractivity contribution in [3.8, 4) is 0 Å². The van der Waals surface area contributed by atoms with E-state index in [1.807, 2.05) is 0 Å². The average Bonchev–Trinajstić information content (AvgIpc) is 2.92. The van der Waals surface area contributed by atoms with E-state index in [0.29, 0.717) is 20.2 Å². The number of nitrogens with zero attached hydrogens (tertiary/aromatic N) is 2. The Morgan fingerprint density at radius 2 is 2.15 bits per heavy atom. The Morgan fingerprint density at radius 3 is 2.81 bits per heavy atom. The smallest absolute Gasteiger partial charge is 0.321 e. The second-order valence-corrected chi connectivity index (χ2v) is 10.0. The number of sulfonamides is 1. The first-order chi connectivity index (χ1) is 12.2. The Bertz CT molecular complexity index is 889. The lowest BCUT2D eigenvalue weighted by Crippen LogP contribution is -2.29. The molecule has 0 bridgehead atoms. The Morgan fingerprint density at radius 1 is 1.42 bits per heavy atom. The number of hydrogen-bond donors (Lipinski definition) is 2. The van der Waals surface area contributed by atoms with Crippen molar-refractivity contribution >= 4 is 48.5 Å². The van der Waals surface area contributed by atoms with Gasteiger partial charge in [0.2, 0.25) is 10.0 Å². The number of aromatic nitrogens is 1. The van der Waals surface area contributed by atoms with Crippen molar-refractivity contribution in [2.75, 3.05) is 18.1 Å². The van der Waals surface area contributed by atoms with Crippen LogP contribution in [-0.4, -0.2) is 36.5 Å². The maximum Gasteiger partial charge on any atom is 0.321 e. The second-order valence-electron chi connectivity index (χ2n) is 5.33.